The monoisotopic (exact) mass is 446 g/mol. The van der Waals surface area contributed by atoms with E-state index in [1.54, 1.807) is 0 Å². The van der Waals surface area contributed by atoms with Crippen LogP contribution in [0.2, 0.25) is 5.02 Å². The molecule has 1 atom stereocenters. The lowest BCUT2D eigenvalue weighted by Gasteiger charge is -2.29. The fourth-order valence-electron chi connectivity index (χ4n) is 3.88. The number of thiazole rings is 1. The van der Waals surface area contributed by atoms with Crippen LogP contribution < -0.4 is 21.1 Å². The third-order valence-electron chi connectivity index (χ3n) is 5.44. The van der Waals surface area contributed by atoms with Gasteiger partial charge in [-0.1, -0.05) is 17.7 Å². The highest BCUT2D eigenvalue weighted by Crippen LogP contribution is 2.36. The number of fused-ring (bicyclic) bond motifs is 1. The molecule has 0 saturated carbocycles. The molecule has 2 aromatic heterocycles. The first-order valence-corrected chi connectivity index (χ1v) is 11.4. The number of nitrogens with one attached hydrogen (secondary N) is 3. The maximum atomic E-state index is 13.2. The molecule has 3 aromatic rings. The maximum Gasteiger partial charge on any atom is 0.264 e. The van der Waals surface area contributed by atoms with E-state index in [1.165, 1.54) is 11.3 Å². The van der Waals surface area contributed by atoms with Crippen molar-refractivity contribution in [1.29, 1.82) is 0 Å². The van der Waals surface area contributed by atoms with E-state index in [-0.39, 0.29) is 11.6 Å². The summed E-state index contributed by atoms with van der Waals surface area (Å²) >= 11 is 7.76. The molecule has 10 heteroatoms. The van der Waals surface area contributed by atoms with Crippen LogP contribution in [0.1, 0.15) is 12.8 Å². The summed E-state index contributed by atoms with van der Waals surface area (Å²) in [6, 6.07) is 5.82. The van der Waals surface area contributed by atoms with E-state index >= 15 is 0 Å². The van der Waals surface area contributed by atoms with Crippen LogP contribution in [0, 0.1) is 0 Å². The minimum absolute atomic E-state index is 0.201. The van der Waals surface area contributed by atoms with Crippen LogP contribution in [-0.2, 0) is 4.74 Å². The minimum atomic E-state index is -0.201. The van der Waals surface area contributed by atoms with Crippen molar-refractivity contribution in [1.82, 2.24) is 20.3 Å². The molecular weight excluding hydrogens is 424 g/mol. The molecule has 0 bridgehead atoms. The zero-order chi connectivity index (χ0) is 20.5. The van der Waals surface area contributed by atoms with Gasteiger partial charge in [-0.05, 0) is 31.5 Å². The van der Waals surface area contributed by atoms with Crippen LogP contribution in [0.4, 0.5) is 11.8 Å². The van der Waals surface area contributed by atoms with Gasteiger partial charge < -0.3 is 20.3 Å². The first kappa shape index (κ1) is 19.7. The number of morpholine rings is 1. The lowest BCUT2D eigenvalue weighted by Crippen LogP contribution is -2.40. The number of nitrogens with zero attached hydrogens (tertiary/aromatic N) is 3. The Bertz CT molecular complexity index is 1100. The SMILES string of the molecule is O=c1[nH]c(N2CCOCC2)nc(NC2CCCNC2)c1-c1nc2cccc(Cl)c2s1. The number of rotatable bonds is 4. The number of aromatic amines is 1. The van der Waals surface area contributed by atoms with Crippen molar-refractivity contribution in [2.45, 2.75) is 18.9 Å². The number of aromatic nitrogens is 3. The van der Waals surface area contributed by atoms with E-state index in [0.717, 1.165) is 36.1 Å². The van der Waals surface area contributed by atoms with Crippen LogP contribution in [0.15, 0.2) is 23.0 Å². The zero-order valence-electron chi connectivity index (χ0n) is 16.4. The van der Waals surface area contributed by atoms with Gasteiger partial charge in [0, 0.05) is 25.7 Å². The standard InChI is InChI=1S/C20H23ClN6O2S/c21-13-4-1-5-14-16(13)30-19(24-14)15-17(23-12-3-2-6-22-11-12)25-20(26-18(15)28)27-7-9-29-10-8-27/h1,4-5,12,22H,2-3,6-11H2,(H2,23,25,26,28). The third-order valence-corrected chi connectivity index (χ3v) is 6.99. The molecule has 30 heavy (non-hydrogen) atoms. The Morgan fingerprint density at radius 1 is 1.27 bits per heavy atom. The van der Waals surface area contributed by atoms with E-state index in [9.17, 15) is 4.79 Å². The quantitative estimate of drug-likeness (QED) is 0.567. The van der Waals surface area contributed by atoms with Crippen LogP contribution in [0.5, 0.6) is 0 Å². The summed E-state index contributed by atoms with van der Waals surface area (Å²) in [7, 11) is 0. The Balaban J connectivity index is 1.60. The van der Waals surface area contributed by atoms with Gasteiger partial charge in [0.1, 0.15) is 16.4 Å². The number of hydrogen-bond acceptors (Lipinski definition) is 8. The average molecular weight is 447 g/mol. The van der Waals surface area contributed by atoms with E-state index in [0.29, 0.717) is 53.7 Å². The number of ether oxygens (including phenoxy) is 1. The summed E-state index contributed by atoms with van der Waals surface area (Å²) in [6.45, 7) is 4.50. The summed E-state index contributed by atoms with van der Waals surface area (Å²) in [5.74, 6) is 1.14. The topological polar surface area (TPSA) is 95.2 Å². The Labute approximate surface area is 182 Å². The second-order valence-corrected chi connectivity index (χ2v) is 8.91. The Kier molecular flexibility index (Phi) is 5.60. The largest absolute Gasteiger partial charge is 0.378 e. The second-order valence-electron chi connectivity index (χ2n) is 7.51. The fourth-order valence-corrected chi connectivity index (χ4v) is 5.18. The predicted molar refractivity (Wildman–Crippen MR) is 121 cm³/mol. The molecule has 1 aromatic carbocycles. The normalized spacial score (nSPS) is 19.9. The molecule has 0 aliphatic carbocycles. The van der Waals surface area contributed by atoms with Gasteiger partial charge in [0.25, 0.3) is 5.56 Å². The predicted octanol–water partition coefficient (Wildman–Crippen LogP) is 2.70. The number of H-pyrrole nitrogens is 1. The Morgan fingerprint density at radius 2 is 2.13 bits per heavy atom. The van der Waals surface area contributed by atoms with Crippen LogP contribution in [0.25, 0.3) is 20.8 Å². The number of benzene rings is 1. The van der Waals surface area contributed by atoms with E-state index in [2.05, 4.69) is 20.6 Å². The lowest BCUT2D eigenvalue weighted by atomic mass is 10.1. The molecule has 1 unspecified atom stereocenters. The number of halogens is 1. The lowest BCUT2D eigenvalue weighted by molar-refractivity contribution is 0.122. The van der Waals surface area contributed by atoms with Crippen LogP contribution >= 0.6 is 22.9 Å². The fraction of sp³-hybridized carbons (Fsp3) is 0.450. The van der Waals surface area contributed by atoms with Gasteiger partial charge in [-0.15, -0.1) is 11.3 Å². The number of piperidine rings is 1. The van der Waals surface area contributed by atoms with Gasteiger partial charge in [-0.3, -0.25) is 9.78 Å². The molecule has 3 N–H and O–H groups in total. The average Bonchev–Trinajstić information content (AvgIpc) is 3.20. The molecule has 2 saturated heterocycles. The van der Waals surface area contributed by atoms with Gasteiger partial charge in [0.15, 0.2) is 0 Å². The molecule has 2 aliphatic rings. The molecule has 158 valence electrons. The third kappa shape index (κ3) is 3.90. The Hall–Kier alpha value is -2.20. The highest BCUT2D eigenvalue weighted by atomic mass is 35.5. The molecule has 0 amide bonds. The van der Waals surface area contributed by atoms with E-state index in [1.807, 2.05) is 23.1 Å². The van der Waals surface area contributed by atoms with Crippen LogP contribution in [-0.4, -0.2) is 60.4 Å². The van der Waals surface area contributed by atoms with Crippen molar-refractivity contribution in [3.8, 4) is 10.6 Å². The van der Waals surface area contributed by atoms with Crippen molar-refractivity contribution < 1.29 is 4.74 Å². The zero-order valence-corrected chi connectivity index (χ0v) is 18.0. The molecule has 4 heterocycles. The summed E-state index contributed by atoms with van der Waals surface area (Å²) in [5.41, 5.74) is 1.05. The minimum Gasteiger partial charge on any atom is -0.378 e. The number of hydrogen-bond donors (Lipinski definition) is 3. The van der Waals surface area contributed by atoms with Gasteiger partial charge in [-0.25, -0.2) is 4.98 Å². The number of anilines is 2. The summed E-state index contributed by atoms with van der Waals surface area (Å²) in [6.07, 6.45) is 2.11. The molecular formula is C20H23ClN6O2S. The van der Waals surface area contributed by atoms with Crippen molar-refractivity contribution in [2.75, 3.05) is 49.6 Å². The molecule has 8 nitrogen and oxygen atoms in total. The summed E-state index contributed by atoms with van der Waals surface area (Å²) in [4.78, 5) is 27.8. The van der Waals surface area contributed by atoms with Gasteiger partial charge in [-0.2, -0.15) is 4.98 Å². The molecule has 0 radical (unpaired) electrons. The summed E-state index contributed by atoms with van der Waals surface area (Å²) < 4.78 is 6.31. The van der Waals surface area contributed by atoms with Crippen LogP contribution in [0.3, 0.4) is 0 Å². The maximum absolute atomic E-state index is 13.2. The Morgan fingerprint density at radius 3 is 2.90 bits per heavy atom. The smallest absolute Gasteiger partial charge is 0.264 e. The van der Waals surface area contributed by atoms with Crippen molar-refractivity contribution >= 4 is 44.9 Å². The van der Waals surface area contributed by atoms with Crippen molar-refractivity contribution in [3.05, 3.63) is 33.6 Å². The highest BCUT2D eigenvalue weighted by molar-refractivity contribution is 7.22. The van der Waals surface area contributed by atoms with Crippen molar-refractivity contribution in [2.24, 2.45) is 0 Å². The van der Waals surface area contributed by atoms with E-state index in [4.69, 9.17) is 21.3 Å². The van der Waals surface area contributed by atoms with Gasteiger partial charge in [0.2, 0.25) is 5.95 Å². The molecule has 5 rings (SSSR count). The second kappa shape index (κ2) is 8.50. The van der Waals surface area contributed by atoms with E-state index < -0.39 is 0 Å². The highest BCUT2D eigenvalue weighted by Gasteiger charge is 2.24. The summed E-state index contributed by atoms with van der Waals surface area (Å²) in [5, 5.41) is 8.16. The first-order chi connectivity index (χ1) is 14.7. The molecule has 0 spiro atoms. The van der Waals surface area contributed by atoms with Crippen molar-refractivity contribution in [3.63, 3.8) is 0 Å². The van der Waals surface area contributed by atoms with Gasteiger partial charge >= 0.3 is 0 Å². The first-order valence-electron chi connectivity index (χ1n) is 10.2. The molecule has 2 fully saturated rings. The van der Waals surface area contributed by atoms with Gasteiger partial charge in [0.05, 0.1) is 28.5 Å². The molecule has 2 aliphatic heterocycles.